The Bertz CT molecular complexity index is 773. The van der Waals surface area contributed by atoms with E-state index in [9.17, 15) is 9.59 Å². The molecule has 7 heteroatoms. The maximum atomic E-state index is 12.6. The van der Waals surface area contributed by atoms with Gasteiger partial charge in [-0.2, -0.15) is 5.10 Å². The first-order chi connectivity index (χ1) is 12.0. The number of rotatable bonds is 2. The van der Waals surface area contributed by atoms with Gasteiger partial charge in [0.2, 0.25) is 0 Å². The van der Waals surface area contributed by atoms with Gasteiger partial charge >= 0.3 is 6.03 Å². The van der Waals surface area contributed by atoms with Gasteiger partial charge in [0, 0.05) is 44.6 Å². The van der Waals surface area contributed by atoms with Crippen molar-refractivity contribution in [2.45, 2.75) is 13.8 Å². The predicted octanol–water partition coefficient (Wildman–Crippen LogP) is 2.03. The number of anilines is 1. The minimum atomic E-state index is -0.131. The van der Waals surface area contributed by atoms with Crippen LogP contribution in [0.2, 0.25) is 0 Å². The highest BCUT2D eigenvalue weighted by Gasteiger charge is 2.26. The SMILES string of the molecule is Cc1ccc(NC(=O)N2CCN(C(=O)c3cnn(C)c3C)CC2)cc1. The van der Waals surface area contributed by atoms with Crippen LogP contribution >= 0.6 is 0 Å². The highest BCUT2D eigenvalue weighted by Crippen LogP contribution is 2.14. The molecule has 3 rings (SSSR count). The van der Waals surface area contributed by atoms with Crippen LogP contribution < -0.4 is 5.32 Å². The second-order valence-electron chi connectivity index (χ2n) is 6.34. The Morgan fingerprint density at radius 3 is 2.16 bits per heavy atom. The zero-order valence-electron chi connectivity index (χ0n) is 14.8. The molecule has 0 spiro atoms. The van der Waals surface area contributed by atoms with Crippen LogP contribution in [0.5, 0.6) is 0 Å². The molecule has 1 saturated heterocycles. The molecule has 3 amide bonds. The Morgan fingerprint density at radius 1 is 1.00 bits per heavy atom. The molecule has 0 bridgehead atoms. The first kappa shape index (κ1) is 17.0. The van der Waals surface area contributed by atoms with Crippen LogP contribution in [0.3, 0.4) is 0 Å². The van der Waals surface area contributed by atoms with E-state index in [0.29, 0.717) is 31.7 Å². The van der Waals surface area contributed by atoms with Crippen LogP contribution in [-0.4, -0.2) is 57.7 Å². The van der Waals surface area contributed by atoms with Gasteiger partial charge in [-0.15, -0.1) is 0 Å². The molecule has 7 nitrogen and oxygen atoms in total. The van der Waals surface area contributed by atoms with Gasteiger partial charge < -0.3 is 15.1 Å². The highest BCUT2D eigenvalue weighted by atomic mass is 16.2. The number of hydrogen-bond acceptors (Lipinski definition) is 3. The van der Waals surface area contributed by atoms with E-state index in [2.05, 4.69) is 10.4 Å². The number of benzene rings is 1. The summed E-state index contributed by atoms with van der Waals surface area (Å²) >= 11 is 0. The lowest BCUT2D eigenvalue weighted by molar-refractivity contribution is 0.0671. The average molecular weight is 341 g/mol. The molecule has 0 atom stereocenters. The predicted molar refractivity (Wildman–Crippen MR) is 95.6 cm³/mol. The lowest BCUT2D eigenvalue weighted by Gasteiger charge is -2.34. The minimum Gasteiger partial charge on any atom is -0.335 e. The van der Waals surface area contributed by atoms with Crippen molar-refractivity contribution in [1.82, 2.24) is 19.6 Å². The van der Waals surface area contributed by atoms with Gasteiger partial charge in [0.1, 0.15) is 0 Å². The van der Waals surface area contributed by atoms with Crippen molar-refractivity contribution < 1.29 is 9.59 Å². The number of nitrogens with one attached hydrogen (secondary N) is 1. The second-order valence-corrected chi connectivity index (χ2v) is 6.34. The molecule has 0 unspecified atom stereocenters. The third kappa shape index (κ3) is 3.65. The normalized spacial score (nSPS) is 14.5. The lowest BCUT2D eigenvalue weighted by Crippen LogP contribution is -2.51. The van der Waals surface area contributed by atoms with Crippen LogP contribution in [0.25, 0.3) is 0 Å². The molecule has 1 fully saturated rings. The number of amides is 3. The number of nitrogens with zero attached hydrogens (tertiary/aromatic N) is 4. The Kier molecular flexibility index (Phi) is 4.74. The summed E-state index contributed by atoms with van der Waals surface area (Å²) in [7, 11) is 1.82. The van der Waals surface area contributed by atoms with Crippen molar-refractivity contribution in [2.24, 2.45) is 7.05 Å². The number of carbonyl (C=O) groups excluding carboxylic acids is 2. The lowest BCUT2D eigenvalue weighted by atomic mass is 10.2. The summed E-state index contributed by atoms with van der Waals surface area (Å²) in [6, 6.07) is 7.56. The molecule has 2 aromatic rings. The second kappa shape index (κ2) is 6.96. The van der Waals surface area contributed by atoms with E-state index < -0.39 is 0 Å². The van der Waals surface area contributed by atoms with Gasteiger partial charge in [0.05, 0.1) is 11.8 Å². The Balaban J connectivity index is 1.56. The zero-order valence-corrected chi connectivity index (χ0v) is 14.8. The smallest absolute Gasteiger partial charge is 0.321 e. The zero-order chi connectivity index (χ0) is 18.0. The van der Waals surface area contributed by atoms with Gasteiger partial charge in [-0.3, -0.25) is 9.48 Å². The molecule has 25 heavy (non-hydrogen) atoms. The van der Waals surface area contributed by atoms with Crippen LogP contribution in [0.15, 0.2) is 30.5 Å². The first-order valence-electron chi connectivity index (χ1n) is 8.36. The maximum Gasteiger partial charge on any atom is 0.321 e. The Hall–Kier alpha value is -2.83. The van der Waals surface area contributed by atoms with E-state index in [1.54, 1.807) is 20.7 Å². The van der Waals surface area contributed by atoms with Gasteiger partial charge in [0.25, 0.3) is 5.91 Å². The number of urea groups is 1. The van der Waals surface area contributed by atoms with Crippen molar-refractivity contribution in [1.29, 1.82) is 0 Å². The van der Waals surface area contributed by atoms with E-state index in [4.69, 9.17) is 0 Å². The topological polar surface area (TPSA) is 70.5 Å². The first-order valence-corrected chi connectivity index (χ1v) is 8.36. The number of aryl methyl sites for hydroxylation is 2. The van der Waals surface area contributed by atoms with Gasteiger partial charge in [0.15, 0.2) is 0 Å². The van der Waals surface area contributed by atoms with Crippen LogP contribution in [0, 0.1) is 13.8 Å². The molecular formula is C18H23N5O2. The quantitative estimate of drug-likeness (QED) is 0.908. The molecule has 1 N–H and O–H groups in total. The minimum absolute atomic E-state index is 0.0239. The number of piperazine rings is 1. The average Bonchev–Trinajstić information content (AvgIpc) is 2.95. The van der Waals surface area contributed by atoms with E-state index >= 15 is 0 Å². The van der Waals surface area contributed by atoms with Crippen LogP contribution in [0.4, 0.5) is 10.5 Å². The van der Waals surface area contributed by atoms with Crippen molar-refractivity contribution in [3.8, 4) is 0 Å². The summed E-state index contributed by atoms with van der Waals surface area (Å²) in [4.78, 5) is 28.5. The molecule has 1 aromatic heterocycles. The number of carbonyl (C=O) groups is 2. The van der Waals surface area contributed by atoms with E-state index in [1.807, 2.05) is 45.2 Å². The molecule has 0 radical (unpaired) electrons. The summed E-state index contributed by atoms with van der Waals surface area (Å²) < 4.78 is 1.69. The number of hydrogen-bond donors (Lipinski definition) is 1. The molecule has 132 valence electrons. The largest absolute Gasteiger partial charge is 0.335 e. The van der Waals surface area contributed by atoms with Gasteiger partial charge in [-0.25, -0.2) is 4.79 Å². The van der Waals surface area contributed by atoms with Gasteiger partial charge in [-0.05, 0) is 26.0 Å². The maximum absolute atomic E-state index is 12.6. The fourth-order valence-electron chi connectivity index (χ4n) is 2.83. The molecule has 1 aromatic carbocycles. The molecule has 1 aliphatic heterocycles. The van der Waals surface area contributed by atoms with E-state index in [1.165, 1.54) is 0 Å². The van der Waals surface area contributed by atoms with Crippen LogP contribution in [0.1, 0.15) is 21.6 Å². The third-order valence-corrected chi connectivity index (χ3v) is 4.62. The Morgan fingerprint density at radius 2 is 1.60 bits per heavy atom. The summed E-state index contributed by atoms with van der Waals surface area (Å²) in [6.07, 6.45) is 1.61. The summed E-state index contributed by atoms with van der Waals surface area (Å²) in [5, 5.41) is 7.02. The molecule has 0 saturated carbocycles. The van der Waals surface area contributed by atoms with Crippen molar-refractivity contribution in [2.75, 3.05) is 31.5 Å². The molecule has 1 aliphatic rings. The van der Waals surface area contributed by atoms with E-state index in [-0.39, 0.29) is 11.9 Å². The van der Waals surface area contributed by atoms with Gasteiger partial charge in [-0.1, -0.05) is 17.7 Å². The summed E-state index contributed by atoms with van der Waals surface area (Å²) in [5.41, 5.74) is 3.40. The van der Waals surface area contributed by atoms with Crippen LogP contribution in [-0.2, 0) is 7.05 Å². The summed E-state index contributed by atoms with van der Waals surface area (Å²) in [6.45, 7) is 5.96. The Labute approximate surface area is 147 Å². The summed E-state index contributed by atoms with van der Waals surface area (Å²) in [5.74, 6) is -0.0239. The highest BCUT2D eigenvalue weighted by molar-refractivity contribution is 5.95. The fourth-order valence-corrected chi connectivity index (χ4v) is 2.83. The molecule has 2 heterocycles. The standard InChI is InChI=1S/C18H23N5O2/c1-13-4-6-15(7-5-13)20-18(25)23-10-8-22(9-11-23)17(24)16-12-19-21(3)14(16)2/h4-7,12H,8-11H2,1-3H3,(H,20,25). The molecular weight excluding hydrogens is 318 g/mol. The number of aromatic nitrogens is 2. The van der Waals surface area contributed by atoms with Crippen molar-refractivity contribution in [3.63, 3.8) is 0 Å². The van der Waals surface area contributed by atoms with Crippen molar-refractivity contribution in [3.05, 3.63) is 47.3 Å². The van der Waals surface area contributed by atoms with Crippen molar-refractivity contribution >= 4 is 17.6 Å². The fraction of sp³-hybridized carbons (Fsp3) is 0.389. The third-order valence-electron chi connectivity index (χ3n) is 4.62. The van der Waals surface area contributed by atoms with E-state index in [0.717, 1.165) is 16.9 Å². The molecule has 0 aliphatic carbocycles. The monoisotopic (exact) mass is 341 g/mol.